The summed E-state index contributed by atoms with van der Waals surface area (Å²) in [7, 11) is 1.75. The van der Waals surface area contributed by atoms with E-state index in [4.69, 9.17) is 9.84 Å². The second-order valence-electron chi connectivity index (χ2n) is 7.06. The molecule has 1 amide bonds. The average Bonchev–Trinajstić information content (AvgIpc) is 3.02. The Kier molecular flexibility index (Phi) is 5.71. The molecule has 1 saturated heterocycles. The van der Waals surface area contributed by atoms with E-state index in [-0.39, 0.29) is 18.6 Å². The van der Waals surface area contributed by atoms with Crippen LogP contribution in [0.15, 0.2) is 18.2 Å². The van der Waals surface area contributed by atoms with Crippen molar-refractivity contribution in [2.45, 2.75) is 31.8 Å². The maximum absolute atomic E-state index is 12.6. The molecule has 1 fully saturated rings. The third kappa shape index (κ3) is 4.80. The number of carboxylic acid groups (broad SMARTS) is 1. The van der Waals surface area contributed by atoms with Gasteiger partial charge >= 0.3 is 5.97 Å². The lowest BCUT2D eigenvalue weighted by Gasteiger charge is -2.34. The van der Waals surface area contributed by atoms with E-state index in [1.54, 1.807) is 11.9 Å². The highest BCUT2D eigenvalue weighted by Gasteiger charge is 2.25. The maximum Gasteiger partial charge on any atom is 0.317 e. The van der Waals surface area contributed by atoms with E-state index >= 15 is 0 Å². The number of benzene rings is 1. The summed E-state index contributed by atoms with van der Waals surface area (Å²) in [6.45, 7) is 2.11. The molecule has 1 heterocycles. The van der Waals surface area contributed by atoms with Crippen LogP contribution in [0.1, 0.15) is 23.1 Å². The van der Waals surface area contributed by atoms with Crippen LogP contribution in [0.5, 0.6) is 0 Å². The van der Waals surface area contributed by atoms with Gasteiger partial charge in [0.05, 0.1) is 25.7 Å². The molecular weight excluding hydrogens is 320 g/mol. The molecule has 25 heavy (non-hydrogen) atoms. The second-order valence-corrected chi connectivity index (χ2v) is 7.06. The molecule has 0 spiro atoms. The molecule has 6 nitrogen and oxygen atoms in total. The van der Waals surface area contributed by atoms with E-state index in [1.165, 1.54) is 17.5 Å². The van der Waals surface area contributed by atoms with Crippen LogP contribution in [0.25, 0.3) is 0 Å². The first kappa shape index (κ1) is 17.9. The number of fused-ring (bicyclic) bond motifs is 1. The first-order chi connectivity index (χ1) is 12.0. The number of carbonyl (C=O) groups excluding carboxylic acids is 1. The number of hydrogen-bond donors (Lipinski definition) is 1. The average molecular weight is 346 g/mol. The standard InChI is InChI=1S/C19H26N2O4/c1-20(13-19(23)24)11-17-12-21(7-8-25-17)18(22)10-14-5-6-15-3-2-4-16(15)9-14/h5-6,9,17H,2-4,7-8,10-13H2,1H3,(H,23,24). The van der Waals surface area contributed by atoms with Crippen molar-refractivity contribution < 1.29 is 19.4 Å². The third-order valence-corrected chi connectivity index (χ3v) is 4.93. The SMILES string of the molecule is CN(CC(=O)O)CC1CN(C(=O)Cc2ccc3c(c2)CCC3)CCO1. The quantitative estimate of drug-likeness (QED) is 0.831. The number of amides is 1. The van der Waals surface area contributed by atoms with E-state index < -0.39 is 5.97 Å². The Morgan fingerprint density at radius 1 is 1.32 bits per heavy atom. The highest BCUT2D eigenvalue weighted by atomic mass is 16.5. The smallest absolute Gasteiger partial charge is 0.317 e. The van der Waals surface area contributed by atoms with Gasteiger partial charge in [-0.15, -0.1) is 0 Å². The van der Waals surface area contributed by atoms with Gasteiger partial charge in [-0.1, -0.05) is 18.2 Å². The lowest BCUT2D eigenvalue weighted by Crippen LogP contribution is -2.50. The van der Waals surface area contributed by atoms with Gasteiger partial charge in [0.2, 0.25) is 5.91 Å². The van der Waals surface area contributed by atoms with Crippen molar-refractivity contribution in [3.05, 3.63) is 34.9 Å². The summed E-state index contributed by atoms with van der Waals surface area (Å²) in [5.41, 5.74) is 3.89. The number of morpholine rings is 1. The second kappa shape index (κ2) is 7.97. The molecule has 1 N–H and O–H groups in total. The highest BCUT2D eigenvalue weighted by molar-refractivity contribution is 5.79. The van der Waals surface area contributed by atoms with E-state index in [9.17, 15) is 9.59 Å². The van der Waals surface area contributed by atoms with Gasteiger partial charge in [-0.25, -0.2) is 0 Å². The van der Waals surface area contributed by atoms with Crippen molar-refractivity contribution in [2.75, 3.05) is 39.8 Å². The molecular formula is C19H26N2O4. The molecule has 2 aliphatic rings. The third-order valence-electron chi connectivity index (χ3n) is 4.93. The minimum atomic E-state index is -0.858. The summed E-state index contributed by atoms with van der Waals surface area (Å²) in [6, 6.07) is 6.41. The van der Waals surface area contributed by atoms with E-state index in [2.05, 4.69) is 18.2 Å². The molecule has 0 aromatic heterocycles. The Morgan fingerprint density at radius 2 is 2.12 bits per heavy atom. The number of carboxylic acids is 1. The summed E-state index contributed by atoms with van der Waals surface area (Å²) in [6.07, 6.45) is 3.76. The molecule has 1 atom stereocenters. The van der Waals surface area contributed by atoms with Crippen LogP contribution >= 0.6 is 0 Å². The summed E-state index contributed by atoms with van der Waals surface area (Å²) >= 11 is 0. The molecule has 1 aliphatic carbocycles. The topological polar surface area (TPSA) is 70.1 Å². The number of carbonyl (C=O) groups is 2. The first-order valence-corrected chi connectivity index (χ1v) is 8.91. The van der Waals surface area contributed by atoms with Gasteiger partial charge in [0.15, 0.2) is 0 Å². The molecule has 1 aliphatic heterocycles. The Morgan fingerprint density at radius 3 is 2.92 bits per heavy atom. The van der Waals surface area contributed by atoms with E-state index in [0.29, 0.717) is 32.7 Å². The van der Waals surface area contributed by atoms with Gasteiger partial charge in [-0.2, -0.15) is 0 Å². The number of likely N-dealkylation sites (N-methyl/N-ethyl adjacent to an activating group) is 1. The number of hydrogen-bond acceptors (Lipinski definition) is 4. The first-order valence-electron chi connectivity index (χ1n) is 8.91. The number of ether oxygens (including phenoxy) is 1. The number of nitrogens with zero attached hydrogens (tertiary/aromatic N) is 2. The Bertz CT molecular complexity index is 646. The zero-order chi connectivity index (χ0) is 17.8. The lowest BCUT2D eigenvalue weighted by molar-refractivity contribution is -0.142. The van der Waals surface area contributed by atoms with Crippen LogP contribution in [0.2, 0.25) is 0 Å². The minimum Gasteiger partial charge on any atom is -0.480 e. The summed E-state index contributed by atoms with van der Waals surface area (Å²) in [5.74, 6) is -0.741. The molecule has 0 radical (unpaired) electrons. The molecule has 0 bridgehead atoms. The van der Waals surface area contributed by atoms with Crippen molar-refractivity contribution in [1.29, 1.82) is 0 Å². The fourth-order valence-corrected chi connectivity index (χ4v) is 3.72. The molecule has 3 rings (SSSR count). The molecule has 0 saturated carbocycles. The normalized spacial score (nSPS) is 19.9. The van der Waals surface area contributed by atoms with Crippen molar-refractivity contribution in [3.8, 4) is 0 Å². The predicted octanol–water partition coefficient (Wildman–Crippen LogP) is 0.962. The maximum atomic E-state index is 12.6. The van der Waals surface area contributed by atoms with Gasteiger partial charge in [0.1, 0.15) is 0 Å². The molecule has 6 heteroatoms. The largest absolute Gasteiger partial charge is 0.480 e. The van der Waals surface area contributed by atoms with Gasteiger partial charge in [0, 0.05) is 19.6 Å². The van der Waals surface area contributed by atoms with Crippen LogP contribution in [-0.2, 0) is 33.6 Å². The van der Waals surface area contributed by atoms with Gasteiger partial charge in [-0.05, 0) is 43.0 Å². The van der Waals surface area contributed by atoms with Crippen molar-refractivity contribution >= 4 is 11.9 Å². The van der Waals surface area contributed by atoms with Gasteiger partial charge in [0.25, 0.3) is 0 Å². The summed E-state index contributed by atoms with van der Waals surface area (Å²) in [4.78, 5) is 27.0. The molecule has 1 aromatic rings. The summed E-state index contributed by atoms with van der Waals surface area (Å²) < 4.78 is 5.69. The number of rotatable bonds is 6. The number of aryl methyl sites for hydroxylation is 2. The van der Waals surface area contributed by atoms with Gasteiger partial charge in [-0.3, -0.25) is 14.5 Å². The molecule has 1 unspecified atom stereocenters. The molecule has 136 valence electrons. The van der Waals surface area contributed by atoms with Crippen molar-refractivity contribution in [2.24, 2.45) is 0 Å². The van der Waals surface area contributed by atoms with Crippen LogP contribution in [0.3, 0.4) is 0 Å². The minimum absolute atomic E-state index is 0.0249. The van der Waals surface area contributed by atoms with Crippen LogP contribution in [0.4, 0.5) is 0 Å². The number of aliphatic carboxylic acids is 1. The Balaban J connectivity index is 1.54. The Labute approximate surface area is 148 Å². The van der Waals surface area contributed by atoms with Gasteiger partial charge < -0.3 is 14.7 Å². The van der Waals surface area contributed by atoms with Crippen molar-refractivity contribution in [3.63, 3.8) is 0 Å². The van der Waals surface area contributed by atoms with Crippen LogP contribution in [-0.4, -0.2) is 72.7 Å². The fourth-order valence-electron chi connectivity index (χ4n) is 3.72. The Hall–Kier alpha value is -1.92. The summed E-state index contributed by atoms with van der Waals surface area (Å²) in [5, 5.41) is 8.84. The van der Waals surface area contributed by atoms with E-state index in [0.717, 1.165) is 18.4 Å². The predicted molar refractivity (Wildman–Crippen MR) is 93.6 cm³/mol. The van der Waals surface area contributed by atoms with Crippen molar-refractivity contribution in [1.82, 2.24) is 9.80 Å². The monoisotopic (exact) mass is 346 g/mol. The highest BCUT2D eigenvalue weighted by Crippen LogP contribution is 2.23. The van der Waals surface area contributed by atoms with Crippen LogP contribution in [0, 0.1) is 0 Å². The van der Waals surface area contributed by atoms with Crippen LogP contribution < -0.4 is 0 Å². The van der Waals surface area contributed by atoms with E-state index in [1.807, 2.05) is 4.90 Å². The lowest BCUT2D eigenvalue weighted by atomic mass is 10.0. The fraction of sp³-hybridized carbons (Fsp3) is 0.579. The zero-order valence-corrected chi connectivity index (χ0v) is 14.7. The molecule has 1 aromatic carbocycles. The zero-order valence-electron chi connectivity index (χ0n) is 14.7.